The van der Waals surface area contributed by atoms with Crippen molar-refractivity contribution >= 4 is 57.2 Å². The maximum absolute atomic E-state index is 9.15. The van der Waals surface area contributed by atoms with Crippen molar-refractivity contribution in [1.82, 2.24) is 0 Å². The van der Waals surface area contributed by atoms with Crippen LogP contribution in [0.2, 0.25) is 0 Å². The minimum atomic E-state index is -2.38. The summed E-state index contributed by atoms with van der Waals surface area (Å²) >= 11 is 0. The van der Waals surface area contributed by atoms with Gasteiger partial charge in [-0.25, -0.2) is 0 Å². The quantitative estimate of drug-likeness (QED) is 0.163. The van der Waals surface area contributed by atoms with Crippen molar-refractivity contribution in [2.75, 3.05) is 9.80 Å². The number of hydrogen-bond donors (Lipinski definition) is 0. The van der Waals surface area contributed by atoms with E-state index >= 15 is 0 Å². The van der Waals surface area contributed by atoms with Gasteiger partial charge >= 0.3 is 0 Å². The van der Waals surface area contributed by atoms with Crippen LogP contribution in [0.4, 0.5) is 34.1 Å². The number of rotatable bonds is 4. The van der Waals surface area contributed by atoms with E-state index in [1.807, 2.05) is 12.1 Å². The van der Waals surface area contributed by atoms with Gasteiger partial charge in [-0.3, -0.25) is 0 Å². The number of nitrogens with zero attached hydrogens (tertiary/aromatic N) is 2. The standard InChI is InChI=1S/C62H67BN2/c1-39-31-55-57-56(32-39)65(52-30-28-44(59(5,6)7)34-47(52)42-25-23-41(24-26-42)40-19-16-15-17-20-40)54-37-49-48(61(11,12)38-62(49,13)14)36-51(54)63(57)50-29-27-45(60(8,9)10)35-53(50)64(55)46-22-18-21-43(33-46)58(2,3)4/h15-37H,38H2,1-14H3/i1D3. The summed E-state index contributed by atoms with van der Waals surface area (Å²) in [6.07, 6.45) is 1.03. The smallest absolute Gasteiger partial charge is 0.252 e. The number of anilines is 6. The fourth-order valence-corrected chi connectivity index (χ4v) is 11.5. The monoisotopic (exact) mass is 854 g/mol. The molecule has 2 heterocycles. The predicted octanol–water partition coefficient (Wildman–Crippen LogP) is 15.3. The molecule has 0 amide bonds. The van der Waals surface area contributed by atoms with Gasteiger partial charge in [-0.15, -0.1) is 0 Å². The molecule has 1 aliphatic carbocycles. The van der Waals surface area contributed by atoms with E-state index in [0.29, 0.717) is 5.56 Å². The van der Waals surface area contributed by atoms with Gasteiger partial charge in [0, 0.05) is 38.1 Å². The van der Waals surface area contributed by atoms with Gasteiger partial charge in [-0.2, -0.15) is 0 Å². The van der Waals surface area contributed by atoms with Gasteiger partial charge in [0.15, 0.2) is 0 Å². The molecule has 0 spiro atoms. The third kappa shape index (κ3) is 7.16. The molecule has 65 heavy (non-hydrogen) atoms. The zero-order chi connectivity index (χ0) is 48.7. The van der Waals surface area contributed by atoms with Crippen molar-refractivity contribution < 1.29 is 4.11 Å². The second kappa shape index (κ2) is 14.6. The summed E-state index contributed by atoms with van der Waals surface area (Å²) in [7, 11) is 0. The van der Waals surface area contributed by atoms with Crippen molar-refractivity contribution in [2.24, 2.45) is 0 Å². The highest BCUT2D eigenvalue weighted by Gasteiger charge is 2.48. The van der Waals surface area contributed by atoms with Gasteiger partial charge in [-0.1, -0.05) is 181 Å². The maximum Gasteiger partial charge on any atom is 0.252 e. The summed E-state index contributed by atoms with van der Waals surface area (Å²) in [4.78, 5) is 4.84. The molecular formula is C62H67BN2. The van der Waals surface area contributed by atoms with Crippen molar-refractivity contribution in [1.29, 1.82) is 0 Å². The molecule has 0 fully saturated rings. The number of fused-ring (bicyclic) bond motifs is 5. The van der Waals surface area contributed by atoms with Crippen LogP contribution in [0.5, 0.6) is 0 Å². The molecule has 328 valence electrons. The summed E-state index contributed by atoms with van der Waals surface area (Å²) in [5, 5.41) is 0. The van der Waals surface area contributed by atoms with Crippen LogP contribution in [-0.4, -0.2) is 6.71 Å². The van der Waals surface area contributed by atoms with Gasteiger partial charge in [0.25, 0.3) is 6.71 Å². The van der Waals surface area contributed by atoms with E-state index < -0.39 is 6.85 Å². The Hall–Kier alpha value is -5.80. The number of aryl methyl sites for hydroxylation is 1. The average Bonchev–Trinajstić information content (AvgIpc) is 3.45. The zero-order valence-electron chi connectivity index (χ0n) is 44.0. The molecule has 2 nitrogen and oxygen atoms in total. The van der Waals surface area contributed by atoms with Crippen molar-refractivity contribution in [3.05, 3.63) is 173 Å². The first-order valence-corrected chi connectivity index (χ1v) is 23.8. The van der Waals surface area contributed by atoms with Crippen LogP contribution in [-0.2, 0) is 27.1 Å². The van der Waals surface area contributed by atoms with Crippen LogP contribution >= 0.6 is 0 Å². The molecule has 0 unspecified atom stereocenters. The zero-order valence-corrected chi connectivity index (χ0v) is 41.0. The highest BCUT2D eigenvalue weighted by molar-refractivity contribution is 7.00. The summed E-state index contributed by atoms with van der Waals surface area (Å²) in [6, 6.07) is 51.6. The first-order valence-electron chi connectivity index (χ1n) is 25.3. The minimum Gasteiger partial charge on any atom is -0.311 e. The van der Waals surface area contributed by atoms with Crippen LogP contribution in [0.25, 0.3) is 22.3 Å². The van der Waals surface area contributed by atoms with E-state index in [2.05, 4.69) is 227 Å². The molecule has 3 aliphatic rings. The summed E-state index contributed by atoms with van der Waals surface area (Å²) in [5.74, 6) is 0. The lowest BCUT2D eigenvalue weighted by Gasteiger charge is -2.45. The first kappa shape index (κ1) is 39.6. The molecule has 0 bridgehead atoms. The molecule has 10 rings (SSSR count). The fraction of sp³-hybridized carbons (Fsp3) is 0.323. The molecule has 0 atom stereocenters. The van der Waals surface area contributed by atoms with Crippen molar-refractivity contribution in [3.8, 4) is 22.3 Å². The minimum absolute atomic E-state index is 0.0417. The van der Waals surface area contributed by atoms with Crippen LogP contribution < -0.4 is 26.2 Å². The van der Waals surface area contributed by atoms with E-state index in [9.17, 15) is 0 Å². The lowest BCUT2D eigenvalue weighted by Crippen LogP contribution is -2.61. The van der Waals surface area contributed by atoms with E-state index in [0.717, 1.165) is 62.7 Å². The highest BCUT2D eigenvalue weighted by Crippen LogP contribution is 2.54. The van der Waals surface area contributed by atoms with Crippen molar-refractivity contribution in [2.45, 2.75) is 130 Å². The summed E-state index contributed by atoms with van der Waals surface area (Å²) < 4.78 is 27.5. The first-order chi connectivity index (χ1) is 31.7. The molecule has 0 radical (unpaired) electrons. The Morgan fingerprint density at radius 3 is 1.66 bits per heavy atom. The molecule has 0 saturated carbocycles. The van der Waals surface area contributed by atoms with E-state index in [-0.39, 0.29) is 33.8 Å². The molecule has 0 saturated heterocycles. The average molecular weight is 854 g/mol. The molecule has 7 aromatic carbocycles. The van der Waals surface area contributed by atoms with Crippen LogP contribution in [0.15, 0.2) is 140 Å². The molecular weight excluding hydrogens is 784 g/mol. The normalized spacial score (nSPS) is 16.8. The number of hydrogen-bond acceptors (Lipinski definition) is 2. The Morgan fingerprint density at radius 1 is 0.462 bits per heavy atom. The van der Waals surface area contributed by atoms with Crippen LogP contribution in [0, 0.1) is 6.85 Å². The largest absolute Gasteiger partial charge is 0.311 e. The van der Waals surface area contributed by atoms with Gasteiger partial charge < -0.3 is 9.80 Å². The van der Waals surface area contributed by atoms with Crippen LogP contribution in [0.3, 0.4) is 0 Å². The third-order valence-corrected chi connectivity index (χ3v) is 14.8. The lowest BCUT2D eigenvalue weighted by molar-refractivity contribution is 0.403. The van der Waals surface area contributed by atoms with Gasteiger partial charge in [0.1, 0.15) is 0 Å². The lowest BCUT2D eigenvalue weighted by atomic mass is 9.33. The van der Waals surface area contributed by atoms with E-state index in [4.69, 9.17) is 4.11 Å². The van der Waals surface area contributed by atoms with Gasteiger partial charge in [0.2, 0.25) is 0 Å². The van der Waals surface area contributed by atoms with E-state index in [1.54, 1.807) is 0 Å². The molecule has 0 aromatic heterocycles. The van der Waals surface area contributed by atoms with Crippen molar-refractivity contribution in [3.63, 3.8) is 0 Å². The molecule has 3 heteroatoms. The third-order valence-electron chi connectivity index (χ3n) is 14.8. The maximum atomic E-state index is 9.15. The number of benzene rings is 7. The molecule has 0 N–H and O–H groups in total. The Bertz CT molecular complexity index is 3140. The second-order valence-corrected chi connectivity index (χ2v) is 23.7. The van der Waals surface area contributed by atoms with Gasteiger partial charge in [-0.05, 0) is 155 Å². The Morgan fingerprint density at radius 2 is 1.02 bits per heavy atom. The molecule has 7 aromatic rings. The highest BCUT2D eigenvalue weighted by atomic mass is 15.2. The Balaban J connectivity index is 1.34. The summed E-state index contributed by atoms with van der Waals surface area (Å²) in [5.41, 5.74) is 20.6. The van der Waals surface area contributed by atoms with Gasteiger partial charge in [0.05, 0.1) is 5.69 Å². The summed E-state index contributed by atoms with van der Waals surface area (Å²) in [6.45, 7) is 27.5. The molecule has 2 aliphatic heterocycles. The van der Waals surface area contributed by atoms with Crippen LogP contribution in [0.1, 0.15) is 134 Å². The Kier molecular flexibility index (Phi) is 8.89. The SMILES string of the molecule is [2H]C([2H])([2H])c1cc2c3c(c1)N(c1ccc(C(C)(C)C)cc1-c1ccc(-c4ccccc4)cc1)c1cc4c(cc1B3c1ccc(C(C)(C)C)cc1N2c1cccc(C(C)(C)C)c1)C(C)(C)CC4(C)C. The Labute approximate surface area is 395 Å². The van der Waals surface area contributed by atoms with E-state index in [1.165, 1.54) is 44.3 Å². The predicted molar refractivity (Wildman–Crippen MR) is 283 cm³/mol. The second-order valence-electron chi connectivity index (χ2n) is 23.7. The fourth-order valence-electron chi connectivity index (χ4n) is 11.5. The topological polar surface area (TPSA) is 6.48 Å².